The lowest BCUT2D eigenvalue weighted by Gasteiger charge is -2.14. The molecule has 15 heavy (non-hydrogen) atoms. The quantitative estimate of drug-likeness (QED) is 0.862. The molecule has 0 aromatic carbocycles. The average Bonchev–Trinajstić information content (AvgIpc) is 2.26. The first kappa shape index (κ1) is 12.3. The molecule has 1 aromatic heterocycles. The van der Waals surface area contributed by atoms with Gasteiger partial charge < -0.3 is 9.84 Å². The standard InChI is InChI=1S/C9H10BrF2NO2/c1-15-8-6(2-10)13-3-5(4-14)7(8)9(11)12/h3,9,14H,2,4H2,1H3. The SMILES string of the molecule is COc1c(CBr)ncc(CO)c1C(F)F. The number of aromatic nitrogens is 1. The third-order valence-electron chi connectivity index (χ3n) is 1.95. The number of aliphatic hydroxyl groups excluding tert-OH is 1. The zero-order valence-electron chi connectivity index (χ0n) is 8.01. The predicted molar refractivity (Wildman–Crippen MR) is 54.3 cm³/mol. The Morgan fingerprint density at radius 3 is 2.67 bits per heavy atom. The van der Waals surface area contributed by atoms with Crippen LogP contribution in [0.5, 0.6) is 5.75 Å². The van der Waals surface area contributed by atoms with E-state index in [0.29, 0.717) is 11.0 Å². The van der Waals surface area contributed by atoms with Crippen LogP contribution < -0.4 is 4.74 Å². The van der Waals surface area contributed by atoms with Crippen molar-refractivity contribution in [2.45, 2.75) is 18.4 Å². The van der Waals surface area contributed by atoms with Gasteiger partial charge in [-0.25, -0.2) is 8.78 Å². The molecule has 1 aromatic rings. The number of nitrogens with zero attached hydrogens (tertiary/aromatic N) is 1. The summed E-state index contributed by atoms with van der Waals surface area (Å²) in [5, 5.41) is 9.23. The smallest absolute Gasteiger partial charge is 0.267 e. The van der Waals surface area contributed by atoms with E-state index in [9.17, 15) is 8.78 Å². The largest absolute Gasteiger partial charge is 0.494 e. The van der Waals surface area contributed by atoms with Crippen molar-refractivity contribution >= 4 is 15.9 Å². The van der Waals surface area contributed by atoms with E-state index in [1.165, 1.54) is 13.3 Å². The van der Waals surface area contributed by atoms with Crippen LogP contribution in [0.25, 0.3) is 0 Å². The summed E-state index contributed by atoms with van der Waals surface area (Å²) in [7, 11) is 1.30. The van der Waals surface area contributed by atoms with Crippen molar-refractivity contribution in [3.63, 3.8) is 0 Å². The first-order chi connectivity index (χ1) is 7.15. The Balaban J connectivity index is 3.37. The molecule has 0 amide bonds. The zero-order chi connectivity index (χ0) is 11.4. The second kappa shape index (κ2) is 5.37. The summed E-state index contributed by atoms with van der Waals surface area (Å²) in [5.41, 5.74) is 0.195. The van der Waals surface area contributed by atoms with E-state index in [1.54, 1.807) is 0 Å². The fraction of sp³-hybridized carbons (Fsp3) is 0.444. The van der Waals surface area contributed by atoms with Crippen LogP contribution in [-0.2, 0) is 11.9 Å². The summed E-state index contributed by atoms with van der Waals surface area (Å²) in [4.78, 5) is 3.92. The molecule has 0 aliphatic carbocycles. The number of aliphatic hydroxyl groups is 1. The molecule has 0 bridgehead atoms. The summed E-state index contributed by atoms with van der Waals surface area (Å²) in [6, 6.07) is 0. The molecule has 0 unspecified atom stereocenters. The topological polar surface area (TPSA) is 42.4 Å². The highest BCUT2D eigenvalue weighted by Gasteiger charge is 2.21. The van der Waals surface area contributed by atoms with Crippen molar-refractivity contribution in [1.29, 1.82) is 0 Å². The fourth-order valence-corrected chi connectivity index (χ4v) is 1.67. The average molecular weight is 282 g/mol. The Morgan fingerprint density at radius 2 is 2.27 bits per heavy atom. The molecular weight excluding hydrogens is 272 g/mol. The van der Waals surface area contributed by atoms with Crippen molar-refractivity contribution in [2.75, 3.05) is 7.11 Å². The first-order valence-electron chi connectivity index (χ1n) is 4.15. The van der Waals surface area contributed by atoms with Gasteiger partial charge in [0.15, 0.2) is 0 Å². The monoisotopic (exact) mass is 281 g/mol. The molecule has 1 heterocycles. The number of ether oxygens (including phenoxy) is 1. The van der Waals surface area contributed by atoms with Gasteiger partial charge in [-0.3, -0.25) is 4.98 Å². The van der Waals surface area contributed by atoms with Crippen molar-refractivity contribution in [1.82, 2.24) is 4.98 Å². The minimum Gasteiger partial charge on any atom is -0.494 e. The maximum absolute atomic E-state index is 12.7. The second-order valence-corrected chi connectivity index (χ2v) is 3.33. The van der Waals surface area contributed by atoms with Gasteiger partial charge >= 0.3 is 0 Å². The van der Waals surface area contributed by atoms with E-state index in [0.717, 1.165) is 0 Å². The van der Waals surface area contributed by atoms with Crippen LogP contribution in [0, 0.1) is 0 Å². The predicted octanol–water partition coefficient (Wildman–Crippen LogP) is 2.42. The number of methoxy groups -OCH3 is 1. The third-order valence-corrected chi connectivity index (χ3v) is 2.48. The van der Waals surface area contributed by atoms with Crippen LogP contribution in [0.3, 0.4) is 0 Å². The molecule has 0 aliphatic rings. The Hall–Kier alpha value is -0.750. The first-order valence-corrected chi connectivity index (χ1v) is 5.27. The lowest BCUT2D eigenvalue weighted by atomic mass is 10.1. The minimum absolute atomic E-state index is 0.0356. The Bertz CT molecular complexity index is 347. The van der Waals surface area contributed by atoms with Gasteiger partial charge in [0.1, 0.15) is 5.75 Å². The minimum atomic E-state index is -2.69. The van der Waals surface area contributed by atoms with Crippen molar-refractivity contribution < 1.29 is 18.6 Å². The Kier molecular flexibility index (Phi) is 4.41. The van der Waals surface area contributed by atoms with Crippen LogP contribution in [0.1, 0.15) is 23.2 Å². The Morgan fingerprint density at radius 1 is 1.60 bits per heavy atom. The molecule has 84 valence electrons. The number of hydrogen-bond donors (Lipinski definition) is 1. The maximum Gasteiger partial charge on any atom is 0.267 e. The molecule has 0 saturated carbocycles. The lowest BCUT2D eigenvalue weighted by molar-refractivity contribution is 0.142. The summed E-state index contributed by atoms with van der Waals surface area (Å²) in [6.45, 7) is -0.481. The van der Waals surface area contributed by atoms with Crippen molar-refractivity contribution in [3.05, 3.63) is 23.0 Å². The molecule has 0 aliphatic heterocycles. The number of pyridine rings is 1. The van der Waals surface area contributed by atoms with Crippen molar-refractivity contribution in [2.24, 2.45) is 0 Å². The van der Waals surface area contributed by atoms with Crippen LogP contribution >= 0.6 is 15.9 Å². The van der Waals surface area contributed by atoms with E-state index in [1.807, 2.05) is 0 Å². The summed E-state index contributed by atoms with van der Waals surface area (Å²) < 4.78 is 30.4. The molecule has 0 atom stereocenters. The van der Waals surface area contributed by atoms with Crippen LogP contribution in [0.4, 0.5) is 8.78 Å². The van der Waals surface area contributed by atoms with Gasteiger partial charge in [0.2, 0.25) is 0 Å². The van der Waals surface area contributed by atoms with Gasteiger partial charge in [-0.15, -0.1) is 0 Å². The molecule has 1 rings (SSSR count). The van der Waals surface area contributed by atoms with E-state index < -0.39 is 13.0 Å². The number of rotatable bonds is 4. The molecule has 0 spiro atoms. The van der Waals surface area contributed by atoms with Gasteiger partial charge in [-0.2, -0.15) is 0 Å². The van der Waals surface area contributed by atoms with Gasteiger partial charge in [0, 0.05) is 17.1 Å². The van der Waals surface area contributed by atoms with Gasteiger partial charge in [-0.05, 0) is 0 Å². The number of hydrogen-bond acceptors (Lipinski definition) is 3. The van der Waals surface area contributed by atoms with E-state index in [4.69, 9.17) is 9.84 Å². The highest BCUT2D eigenvalue weighted by atomic mass is 79.9. The summed E-state index contributed by atoms with van der Waals surface area (Å²) >= 11 is 3.13. The van der Waals surface area contributed by atoms with Gasteiger partial charge in [0.05, 0.1) is 25.0 Å². The fourth-order valence-electron chi connectivity index (χ4n) is 1.27. The van der Waals surface area contributed by atoms with Crippen molar-refractivity contribution in [3.8, 4) is 5.75 Å². The maximum atomic E-state index is 12.7. The zero-order valence-corrected chi connectivity index (χ0v) is 9.59. The molecule has 0 saturated heterocycles. The van der Waals surface area contributed by atoms with Crippen LogP contribution in [-0.4, -0.2) is 17.2 Å². The third kappa shape index (κ3) is 2.43. The lowest BCUT2D eigenvalue weighted by Crippen LogP contribution is -2.04. The van der Waals surface area contributed by atoms with E-state index in [2.05, 4.69) is 20.9 Å². The molecule has 6 heteroatoms. The summed E-state index contributed by atoms with van der Waals surface area (Å²) in [5.74, 6) is 0.0356. The highest BCUT2D eigenvalue weighted by Crippen LogP contribution is 2.34. The van der Waals surface area contributed by atoms with E-state index in [-0.39, 0.29) is 16.9 Å². The van der Waals surface area contributed by atoms with Crippen LogP contribution in [0.2, 0.25) is 0 Å². The second-order valence-electron chi connectivity index (χ2n) is 2.77. The molecule has 1 N–H and O–H groups in total. The molecule has 3 nitrogen and oxygen atoms in total. The number of alkyl halides is 3. The number of halogens is 3. The van der Waals surface area contributed by atoms with Gasteiger partial charge in [0.25, 0.3) is 6.43 Å². The normalized spacial score (nSPS) is 10.8. The molecule has 0 radical (unpaired) electrons. The molecule has 0 fully saturated rings. The van der Waals surface area contributed by atoms with Crippen LogP contribution in [0.15, 0.2) is 6.20 Å². The highest BCUT2D eigenvalue weighted by molar-refractivity contribution is 9.08. The Labute approximate surface area is 94.2 Å². The summed E-state index contributed by atoms with van der Waals surface area (Å²) in [6.07, 6.45) is -1.46. The molecular formula is C9H10BrF2NO2. The van der Waals surface area contributed by atoms with E-state index >= 15 is 0 Å². The van der Waals surface area contributed by atoms with Gasteiger partial charge in [-0.1, -0.05) is 15.9 Å².